The number of methoxy groups -OCH3 is 1. The van der Waals surface area contributed by atoms with Crippen LogP contribution in [-0.4, -0.2) is 50.6 Å². The van der Waals surface area contributed by atoms with Crippen LogP contribution < -0.4 is 19.7 Å². The Morgan fingerprint density at radius 1 is 1.12 bits per heavy atom. The molecule has 0 fully saturated rings. The van der Waals surface area contributed by atoms with Gasteiger partial charge in [0, 0.05) is 31.9 Å². The lowest BCUT2D eigenvalue weighted by molar-refractivity contribution is 0.256. The first-order valence-corrected chi connectivity index (χ1v) is 11.7. The molecule has 1 aromatic carbocycles. The second kappa shape index (κ2) is 10.00. The molecule has 12 heteroatoms. The monoisotopic (exact) mass is 488 g/mol. The Kier molecular flexibility index (Phi) is 7.30. The van der Waals surface area contributed by atoms with Gasteiger partial charge in [-0.3, -0.25) is 0 Å². The second-order valence-corrected chi connectivity index (χ2v) is 9.46. The largest absolute Gasteiger partial charge is 0.481 e. The number of urea groups is 1. The average Bonchev–Trinajstić information content (AvgIpc) is 2.79. The zero-order chi connectivity index (χ0) is 25.0. The van der Waals surface area contributed by atoms with Gasteiger partial charge in [-0.25, -0.2) is 28.9 Å². The molecule has 2 N–H and O–H groups in total. The van der Waals surface area contributed by atoms with Crippen molar-refractivity contribution < 1.29 is 22.3 Å². The molecule has 0 radical (unpaired) electrons. The number of halogens is 1. The number of pyridine rings is 1. The van der Waals surface area contributed by atoms with E-state index >= 15 is 0 Å². The predicted octanol–water partition coefficient (Wildman–Crippen LogP) is 3.39. The molecule has 0 bridgehead atoms. The molecule has 0 aliphatic heterocycles. The Morgan fingerprint density at radius 3 is 2.44 bits per heavy atom. The number of sulfonamides is 1. The lowest BCUT2D eigenvalue weighted by Gasteiger charge is -2.19. The zero-order valence-electron chi connectivity index (χ0n) is 19.3. The van der Waals surface area contributed by atoms with E-state index in [4.69, 9.17) is 4.74 Å². The van der Waals surface area contributed by atoms with Crippen LogP contribution in [0.25, 0.3) is 11.1 Å². The number of anilines is 2. The van der Waals surface area contributed by atoms with E-state index < -0.39 is 26.9 Å². The number of benzene rings is 1. The van der Waals surface area contributed by atoms with Crippen molar-refractivity contribution in [3.63, 3.8) is 0 Å². The summed E-state index contributed by atoms with van der Waals surface area (Å²) in [6.45, 7) is 3.65. The lowest BCUT2D eigenvalue weighted by atomic mass is 9.94. The molecule has 0 aliphatic carbocycles. The van der Waals surface area contributed by atoms with Crippen molar-refractivity contribution >= 4 is 27.6 Å². The van der Waals surface area contributed by atoms with Crippen LogP contribution >= 0.6 is 0 Å². The minimum atomic E-state index is -4.31. The number of nitrogens with one attached hydrogen (secondary N) is 2. The number of hydrogen-bond donors (Lipinski definition) is 2. The molecule has 180 valence electrons. The number of carbonyl (C=O) groups is 1. The third-order valence-corrected chi connectivity index (χ3v) is 6.04. The number of ether oxygens (including phenoxy) is 1. The van der Waals surface area contributed by atoms with Gasteiger partial charge >= 0.3 is 6.03 Å². The average molecular weight is 489 g/mol. The molecule has 3 rings (SSSR count). The van der Waals surface area contributed by atoms with Gasteiger partial charge in [0.25, 0.3) is 10.0 Å². The van der Waals surface area contributed by atoms with E-state index in [1.54, 1.807) is 31.1 Å². The molecule has 2 aromatic heterocycles. The van der Waals surface area contributed by atoms with Crippen LogP contribution in [0.15, 0.2) is 47.9 Å². The molecule has 0 saturated carbocycles. The molecule has 34 heavy (non-hydrogen) atoms. The number of aromatic nitrogens is 3. The van der Waals surface area contributed by atoms with Gasteiger partial charge in [0.05, 0.1) is 25.2 Å². The highest BCUT2D eigenvalue weighted by Crippen LogP contribution is 2.36. The highest BCUT2D eigenvalue weighted by Gasteiger charge is 2.23. The smallest absolute Gasteiger partial charge is 0.333 e. The van der Waals surface area contributed by atoms with Gasteiger partial charge in [-0.1, -0.05) is 13.8 Å². The summed E-state index contributed by atoms with van der Waals surface area (Å²) in [7, 11) is 0.599. The summed E-state index contributed by atoms with van der Waals surface area (Å²) in [5.41, 5.74) is 1.60. The summed E-state index contributed by atoms with van der Waals surface area (Å²) >= 11 is 0. The van der Waals surface area contributed by atoms with E-state index in [0.29, 0.717) is 28.4 Å². The summed E-state index contributed by atoms with van der Waals surface area (Å²) < 4.78 is 46.8. The van der Waals surface area contributed by atoms with Crippen LogP contribution in [0.2, 0.25) is 0 Å². The Hall–Kier alpha value is -3.80. The molecule has 0 atom stereocenters. The van der Waals surface area contributed by atoms with Gasteiger partial charge in [0.15, 0.2) is 5.03 Å². The van der Waals surface area contributed by atoms with E-state index in [1.807, 2.05) is 18.6 Å². The fraction of sp³-hybridized carbons (Fsp3) is 0.273. The second-order valence-electron chi connectivity index (χ2n) is 7.83. The number of nitrogens with zero attached hydrogens (tertiary/aromatic N) is 4. The minimum absolute atomic E-state index is 0.186. The number of hydrogen-bond acceptors (Lipinski definition) is 8. The number of rotatable bonds is 7. The molecule has 0 saturated heterocycles. The van der Waals surface area contributed by atoms with Crippen molar-refractivity contribution in [2.75, 3.05) is 31.4 Å². The molecule has 3 aromatic rings. The highest BCUT2D eigenvalue weighted by molar-refractivity contribution is 7.90. The Labute approximate surface area is 197 Å². The Morgan fingerprint density at radius 2 is 1.85 bits per heavy atom. The Balaban J connectivity index is 1.96. The fourth-order valence-electron chi connectivity index (χ4n) is 3.13. The third kappa shape index (κ3) is 5.57. The normalized spacial score (nSPS) is 11.3. The maximum atomic E-state index is 14.5. The molecule has 2 amide bonds. The molecule has 0 aliphatic rings. The van der Waals surface area contributed by atoms with Gasteiger partial charge in [-0.2, -0.15) is 8.42 Å². The van der Waals surface area contributed by atoms with E-state index in [2.05, 4.69) is 20.3 Å². The van der Waals surface area contributed by atoms with E-state index in [1.165, 1.54) is 31.6 Å². The summed E-state index contributed by atoms with van der Waals surface area (Å²) in [5, 5.41) is 2.14. The molecule has 2 heterocycles. The summed E-state index contributed by atoms with van der Waals surface area (Å²) in [5.74, 6) is 0.0538. The zero-order valence-corrected chi connectivity index (χ0v) is 20.1. The minimum Gasteiger partial charge on any atom is -0.481 e. The van der Waals surface area contributed by atoms with Crippen LogP contribution in [0.4, 0.5) is 20.7 Å². The standard InChI is InChI=1S/C22H25FN6O4S/c1-13(2)16-9-15(23)10-17(14-6-7-24-19(8-14)33-5)21(16)27-22(30)28-34(31,32)20-12-25-18(11-26-20)29(3)4/h6-13H,1-5H3,(H2,27,28,30). The topological polar surface area (TPSA) is 126 Å². The van der Waals surface area contributed by atoms with Gasteiger partial charge in [0.2, 0.25) is 5.88 Å². The van der Waals surface area contributed by atoms with Crippen molar-refractivity contribution in [2.45, 2.75) is 24.8 Å². The van der Waals surface area contributed by atoms with Crippen molar-refractivity contribution in [3.05, 3.63) is 54.2 Å². The summed E-state index contributed by atoms with van der Waals surface area (Å²) in [6.07, 6.45) is 3.81. The third-order valence-electron chi connectivity index (χ3n) is 4.82. The summed E-state index contributed by atoms with van der Waals surface area (Å²) in [6, 6.07) is 4.72. The van der Waals surface area contributed by atoms with Crippen LogP contribution in [0, 0.1) is 5.82 Å². The highest BCUT2D eigenvalue weighted by atomic mass is 32.2. The first-order chi connectivity index (χ1) is 16.0. The Bertz CT molecular complexity index is 1300. The van der Waals surface area contributed by atoms with Gasteiger partial charge in [-0.05, 0) is 35.2 Å². The SMILES string of the molecule is COc1cc(-c2cc(F)cc(C(C)C)c2NC(=O)NS(=O)(=O)c2cnc(N(C)C)cn2)ccn1. The van der Waals surface area contributed by atoms with E-state index in [0.717, 1.165) is 6.20 Å². The predicted molar refractivity (Wildman–Crippen MR) is 126 cm³/mol. The summed E-state index contributed by atoms with van der Waals surface area (Å²) in [4.78, 5) is 26.3. The maximum Gasteiger partial charge on any atom is 0.333 e. The van der Waals surface area contributed by atoms with Crippen molar-refractivity contribution in [1.82, 2.24) is 19.7 Å². The first kappa shape index (κ1) is 24.8. The maximum absolute atomic E-state index is 14.5. The molecule has 0 spiro atoms. The first-order valence-electron chi connectivity index (χ1n) is 10.2. The van der Waals surface area contributed by atoms with Crippen molar-refractivity contribution in [3.8, 4) is 17.0 Å². The molecular weight excluding hydrogens is 463 g/mol. The van der Waals surface area contributed by atoms with Crippen LogP contribution in [0.3, 0.4) is 0 Å². The van der Waals surface area contributed by atoms with Crippen molar-refractivity contribution in [1.29, 1.82) is 0 Å². The molecule has 10 nitrogen and oxygen atoms in total. The van der Waals surface area contributed by atoms with Gasteiger partial charge < -0.3 is 15.0 Å². The van der Waals surface area contributed by atoms with Gasteiger partial charge in [-0.15, -0.1) is 0 Å². The van der Waals surface area contributed by atoms with E-state index in [9.17, 15) is 17.6 Å². The van der Waals surface area contributed by atoms with E-state index in [-0.39, 0.29) is 11.6 Å². The fourth-order valence-corrected chi connectivity index (χ4v) is 3.91. The molecule has 0 unspecified atom stereocenters. The van der Waals surface area contributed by atoms with Crippen LogP contribution in [0.1, 0.15) is 25.3 Å². The quantitative estimate of drug-likeness (QED) is 0.518. The van der Waals surface area contributed by atoms with Crippen molar-refractivity contribution in [2.24, 2.45) is 0 Å². The van der Waals surface area contributed by atoms with Crippen LogP contribution in [-0.2, 0) is 10.0 Å². The van der Waals surface area contributed by atoms with Gasteiger partial charge in [0.1, 0.15) is 11.6 Å². The lowest BCUT2D eigenvalue weighted by Crippen LogP contribution is -2.35. The van der Waals surface area contributed by atoms with Crippen LogP contribution in [0.5, 0.6) is 5.88 Å². The number of amides is 2. The number of carbonyl (C=O) groups excluding carboxylic acids is 1. The molecular formula is C22H25FN6O4S.